The number of hydrogen-bond acceptors (Lipinski definition) is 6. The summed E-state index contributed by atoms with van der Waals surface area (Å²) in [6.07, 6.45) is 3.98. The van der Waals surface area contributed by atoms with Gasteiger partial charge in [-0.15, -0.1) is 0 Å². The number of benzene rings is 2. The second-order valence-corrected chi connectivity index (χ2v) is 14.5. The lowest BCUT2D eigenvalue weighted by molar-refractivity contribution is -0.126. The summed E-state index contributed by atoms with van der Waals surface area (Å²) in [5.41, 5.74) is 0.533. The Bertz CT molecular complexity index is 1360. The fraction of sp³-hybridized carbons (Fsp3) is 0.500. The average Bonchev–Trinajstić information content (AvgIpc) is 2.93. The molecule has 1 atom stereocenters. The molecule has 2 saturated heterocycles. The van der Waals surface area contributed by atoms with E-state index in [1.165, 1.54) is 26.8 Å². The van der Waals surface area contributed by atoms with Gasteiger partial charge in [0.1, 0.15) is 12.4 Å². The van der Waals surface area contributed by atoms with E-state index in [1.54, 1.807) is 24.3 Å². The van der Waals surface area contributed by atoms with Crippen molar-refractivity contribution in [2.24, 2.45) is 5.92 Å². The average molecular weight is 619 g/mol. The highest BCUT2D eigenvalue weighted by Crippen LogP contribution is 2.26. The molecule has 2 heterocycles. The minimum Gasteiger partial charge on any atom is -0.492 e. The molecule has 9 nitrogen and oxygen atoms in total. The molecule has 13 heteroatoms. The van der Waals surface area contributed by atoms with Gasteiger partial charge in [-0.25, -0.2) is 21.1 Å². The monoisotopic (exact) mass is 617 g/mol. The van der Waals surface area contributed by atoms with Gasteiger partial charge in [-0.3, -0.25) is 4.79 Å². The number of sulfonamides is 2. The molecule has 0 bridgehead atoms. The van der Waals surface area contributed by atoms with Gasteiger partial charge in [0.2, 0.25) is 26.0 Å². The SMILES string of the molecule is O=C(NCCOc1ccc(S(=O)(=O)N2CCCCC2)cc1)[C@@H]1CCCN(S(=O)(=O)Cc2ccc(Cl)c(Cl)c2)C1. The number of amides is 1. The van der Waals surface area contributed by atoms with Crippen molar-refractivity contribution in [2.75, 3.05) is 39.3 Å². The molecule has 2 aromatic rings. The minimum atomic E-state index is -3.63. The number of carbonyl (C=O) groups is 1. The van der Waals surface area contributed by atoms with Gasteiger partial charge in [0.05, 0.1) is 33.2 Å². The predicted molar refractivity (Wildman–Crippen MR) is 151 cm³/mol. The van der Waals surface area contributed by atoms with Crippen LogP contribution in [0.3, 0.4) is 0 Å². The predicted octanol–water partition coefficient (Wildman–Crippen LogP) is 3.91. The van der Waals surface area contributed by atoms with Crippen molar-refractivity contribution in [1.82, 2.24) is 13.9 Å². The quantitative estimate of drug-likeness (QED) is 0.405. The Kier molecular flexibility index (Phi) is 10.2. The number of nitrogens with zero attached hydrogens (tertiary/aromatic N) is 2. The maximum absolute atomic E-state index is 13.0. The maximum atomic E-state index is 13.0. The van der Waals surface area contributed by atoms with Crippen molar-refractivity contribution in [3.63, 3.8) is 0 Å². The molecule has 214 valence electrons. The number of rotatable bonds is 10. The molecule has 0 saturated carbocycles. The Balaban J connectivity index is 1.23. The normalized spacial score (nSPS) is 19.5. The molecule has 0 aromatic heterocycles. The Labute approximate surface area is 240 Å². The van der Waals surface area contributed by atoms with E-state index in [0.717, 1.165) is 19.3 Å². The van der Waals surface area contributed by atoms with E-state index in [4.69, 9.17) is 27.9 Å². The Morgan fingerprint density at radius 3 is 2.28 bits per heavy atom. The first-order valence-corrected chi connectivity index (χ1v) is 16.8. The zero-order valence-corrected chi connectivity index (χ0v) is 24.7. The summed E-state index contributed by atoms with van der Waals surface area (Å²) < 4.78 is 60.0. The molecule has 0 aliphatic carbocycles. The standard InChI is InChI=1S/C26H33Cl2N3O6S2/c27-24-11-6-20(17-25(24)28)19-38(33,34)31-15-4-5-21(18-31)26(32)29-12-16-37-22-7-9-23(10-8-22)39(35,36)30-13-2-1-3-14-30/h6-11,17,21H,1-5,12-16,18-19H2,(H,29,32)/t21-/m1/s1. The third-order valence-electron chi connectivity index (χ3n) is 6.93. The highest BCUT2D eigenvalue weighted by Gasteiger charge is 2.32. The number of nitrogens with one attached hydrogen (secondary N) is 1. The highest BCUT2D eigenvalue weighted by molar-refractivity contribution is 7.89. The molecule has 4 rings (SSSR count). The van der Waals surface area contributed by atoms with Crippen LogP contribution >= 0.6 is 23.2 Å². The van der Waals surface area contributed by atoms with Crippen molar-refractivity contribution < 1.29 is 26.4 Å². The van der Waals surface area contributed by atoms with Crippen LogP contribution in [0.1, 0.15) is 37.7 Å². The zero-order chi connectivity index (χ0) is 28.0. The van der Waals surface area contributed by atoms with E-state index in [9.17, 15) is 21.6 Å². The van der Waals surface area contributed by atoms with Gasteiger partial charge in [-0.1, -0.05) is 35.7 Å². The summed E-state index contributed by atoms with van der Waals surface area (Å²) in [7, 11) is -7.14. The van der Waals surface area contributed by atoms with Crippen molar-refractivity contribution in [2.45, 2.75) is 42.8 Å². The molecule has 0 unspecified atom stereocenters. The van der Waals surface area contributed by atoms with E-state index in [2.05, 4.69) is 5.32 Å². The van der Waals surface area contributed by atoms with Crippen LogP contribution in [-0.2, 0) is 30.6 Å². The molecule has 2 fully saturated rings. The summed E-state index contributed by atoms with van der Waals surface area (Å²) >= 11 is 11.9. The van der Waals surface area contributed by atoms with E-state index in [-0.39, 0.29) is 36.3 Å². The lowest BCUT2D eigenvalue weighted by atomic mass is 9.99. The van der Waals surface area contributed by atoms with Crippen molar-refractivity contribution in [3.8, 4) is 5.75 Å². The van der Waals surface area contributed by atoms with Gasteiger partial charge in [0.15, 0.2) is 0 Å². The Hall–Kier alpha value is -1.89. The Morgan fingerprint density at radius 2 is 1.59 bits per heavy atom. The van der Waals surface area contributed by atoms with Crippen LogP contribution in [0.4, 0.5) is 0 Å². The van der Waals surface area contributed by atoms with Gasteiger partial charge >= 0.3 is 0 Å². The van der Waals surface area contributed by atoms with E-state index in [1.807, 2.05) is 0 Å². The second kappa shape index (κ2) is 13.2. The molecule has 39 heavy (non-hydrogen) atoms. The zero-order valence-electron chi connectivity index (χ0n) is 21.5. The first-order valence-electron chi connectivity index (χ1n) is 13.0. The third kappa shape index (κ3) is 7.86. The maximum Gasteiger partial charge on any atom is 0.243 e. The molecule has 2 aromatic carbocycles. The third-order valence-corrected chi connectivity index (χ3v) is 11.4. The fourth-order valence-electron chi connectivity index (χ4n) is 4.79. The van der Waals surface area contributed by atoms with Crippen molar-refractivity contribution >= 4 is 49.2 Å². The molecule has 0 spiro atoms. The highest BCUT2D eigenvalue weighted by atomic mass is 35.5. The molecular formula is C26H33Cl2N3O6S2. The first-order chi connectivity index (χ1) is 18.6. The van der Waals surface area contributed by atoms with Crippen LogP contribution in [0.15, 0.2) is 47.4 Å². The second-order valence-electron chi connectivity index (χ2n) is 9.78. The summed E-state index contributed by atoms with van der Waals surface area (Å²) in [5, 5.41) is 3.46. The molecule has 2 aliphatic heterocycles. The number of halogens is 2. The topological polar surface area (TPSA) is 113 Å². The molecule has 2 aliphatic rings. The van der Waals surface area contributed by atoms with Gasteiger partial charge in [0, 0.05) is 26.2 Å². The summed E-state index contributed by atoms with van der Waals surface area (Å²) in [6.45, 7) is 1.99. The van der Waals surface area contributed by atoms with Crippen LogP contribution in [-0.4, -0.2) is 70.7 Å². The van der Waals surface area contributed by atoms with E-state index < -0.39 is 26.0 Å². The smallest absolute Gasteiger partial charge is 0.243 e. The lowest BCUT2D eigenvalue weighted by Gasteiger charge is -2.31. The molecular weight excluding hydrogens is 585 g/mol. The van der Waals surface area contributed by atoms with Crippen LogP contribution in [0, 0.1) is 5.92 Å². The van der Waals surface area contributed by atoms with Gasteiger partial charge in [-0.2, -0.15) is 4.31 Å². The van der Waals surface area contributed by atoms with Crippen molar-refractivity contribution in [3.05, 3.63) is 58.1 Å². The molecule has 1 amide bonds. The fourth-order valence-corrected chi connectivity index (χ4v) is 8.23. The lowest BCUT2D eigenvalue weighted by Crippen LogP contribution is -2.46. The van der Waals surface area contributed by atoms with Gasteiger partial charge in [0.25, 0.3) is 0 Å². The number of hydrogen-bond donors (Lipinski definition) is 1. The number of ether oxygens (including phenoxy) is 1. The largest absolute Gasteiger partial charge is 0.492 e. The first kappa shape index (κ1) is 30.1. The van der Waals surface area contributed by atoms with E-state index in [0.29, 0.717) is 53.8 Å². The van der Waals surface area contributed by atoms with Crippen LogP contribution in [0.25, 0.3) is 0 Å². The van der Waals surface area contributed by atoms with Crippen molar-refractivity contribution in [1.29, 1.82) is 0 Å². The Morgan fingerprint density at radius 1 is 0.897 bits per heavy atom. The van der Waals surface area contributed by atoms with Gasteiger partial charge in [-0.05, 0) is 67.6 Å². The van der Waals surface area contributed by atoms with Crippen LogP contribution in [0.2, 0.25) is 10.0 Å². The molecule has 0 radical (unpaired) electrons. The van der Waals surface area contributed by atoms with Gasteiger partial charge < -0.3 is 10.1 Å². The van der Waals surface area contributed by atoms with E-state index >= 15 is 0 Å². The summed E-state index contributed by atoms with van der Waals surface area (Å²) in [4.78, 5) is 13.0. The molecule has 1 N–H and O–H groups in total. The van der Waals surface area contributed by atoms with Crippen LogP contribution < -0.4 is 10.1 Å². The summed E-state index contributed by atoms with van der Waals surface area (Å²) in [6, 6.07) is 11.0. The van der Waals surface area contributed by atoms with Crippen LogP contribution in [0.5, 0.6) is 5.75 Å². The number of piperidine rings is 2. The minimum absolute atomic E-state index is 0.114. The number of carbonyl (C=O) groups excluding carboxylic acids is 1. The summed E-state index contributed by atoms with van der Waals surface area (Å²) in [5.74, 6) is -0.402.